The molecule has 0 heterocycles. The minimum atomic E-state index is 0.560. The fraction of sp³-hybridized carbons (Fsp3) is 0.895. The van der Waals surface area contributed by atoms with Crippen LogP contribution < -0.4 is 0 Å². The Morgan fingerprint density at radius 2 is 1.95 bits per heavy atom. The molecule has 20 heavy (non-hydrogen) atoms. The predicted octanol–water partition coefficient (Wildman–Crippen LogP) is 5.50. The molecule has 3 saturated carbocycles. The maximum atomic E-state index is 4.88. The average Bonchev–Trinajstić information content (AvgIpc) is 2.88. The summed E-state index contributed by atoms with van der Waals surface area (Å²) in [5.74, 6) is 5.14. The first-order valence-electron chi connectivity index (χ1n) is 8.95. The van der Waals surface area contributed by atoms with Crippen molar-refractivity contribution in [1.29, 1.82) is 0 Å². The molecule has 0 bridgehead atoms. The van der Waals surface area contributed by atoms with Gasteiger partial charge in [0.1, 0.15) is 0 Å². The van der Waals surface area contributed by atoms with Crippen molar-refractivity contribution in [2.75, 3.05) is 5.75 Å². The number of allylic oxidation sites excluding steroid dienone is 2. The molecule has 0 amide bonds. The Hall–Kier alpha value is 0.0900. The molecule has 1 unspecified atom stereocenters. The molecule has 0 radical (unpaired) electrons. The first-order chi connectivity index (χ1) is 9.70. The average molecular weight is 291 g/mol. The highest BCUT2D eigenvalue weighted by Gasteiger charge is 2.57. The summed E-state index contributed by atoms with van der Waals surface area (Å²) < 4.78 is 0. The third kappa shape index (κ3) is 1.74. The molecule has 4 aliphatic carbocycles. The molecule has 0 nitrogen and oxygen atoms in total. The summed E-state index contributed by atoms with van der Waals surface area (Å²) in [7, 11) is 0. The van der Waals surface area contributed by atoms with Gasteiger partial charge in [-0.15, -0.1) is 0 Å². The Morgan fingerprint density at radius 3 is 2.80 bits per heavy atom. The van der Waals surface area contributed by atoms with Crippen molar-refractivity contribution < 1.29 is 0 Å². The van der Waals surface area contributed by atoms with Crippen LogP contribution >= 0.6 is 12.6 Å². The summed E-state index contributed by atoms with van der Waals surface area (Å²) in [6, 6.07) is 0. The van der Waals surface area contributed by atoms with Crippen LogP contribution in [0.4, 0.5) is 0 Å². The fourth-order valence-electron chi connectivity index (χ4n) is 6.93. The van der Waals surface area contributed by atoms with Crippen LogP contribution in [-0.2, 0) is 0 Å². The molecular weight excluding hydrogens is 260 g/mol. The lowest BCUT2D eigenvalue weighted by Gasteiger charge is -2.60. The smallest absolute Gasteiger partial charge is 0.00327 e. The highest BCUT2D eigenvalue weighted by molar-refractivity contribution is 7.80. The van der Waals surface area contributed by atoms with Crippen molar-refractivity contribution in [2.45, 2.75) is 64.7 Å². The Bertz CT molecular complexity index is 414. The topological polar surface area (TPSA) is 0 Å². The van der Waals surface area contributed by atoms with Gasteiger partial charge in [-0.25, -0.2) is 0 Å². The third-order valence-electron chi connectivity index (χ3n) is 8.00. The number of rotatable bonds is 1. The van der Waals surface area contributed by atoms with Gasteiger partial charge in [-0.1, -0.05) is 25.5 Å². The standard InChI is InChI=1S/C19H30S/c1-18-10-4-6-16(18)15-8-7-14-5-2-3-11-19(14,13-20)17(15)9-12-18/h2-3,14-17,20H,4-13H2,1H3/t14?,15-,16-,17-,18-,19+/m0/s1. The summed E-state index contributed by atoms with van der Waals surface area (Å²) in [5, 5.41) is 0. The largest absolute Gasteiger partial charge is 0.179 e. The normalized spacial score (nSPS) is 54.1. The molecule has 4 aliphatic rings. The second kappa shape index (κ2) is 4.80. The molecule has 3 fully saturated rings. The fourth-order valence-corrected chi connectivity index (χ4v) is 7.55. The van der Waals surface area contributed by atoms with E-state index in [0.29, 0.717) is 10.8 Å². The van der Waals surface area contributed by atoms with Crippen molar-refractivity contribution in [1.82, 2.24) is 0 Å². The van der Waals surface area contributed by atoms with Crippen LogP contribution in [0.2, 0.25) is 0 Å². The first kappa shape index (κ1) is 13.7. The van der Waals surface area contributed by atoms with Gasteiger partial charge in [-0.2, -0.15) is 12.6 Å². The van der Waals surface area contributed by atoms with Crippen molar-refractivity contribution >= 4 is 12.6 Å². The quantitative estimate of drug-likeness (QED) is 0.479. The maximum Gasteiger partial charge on any atom is -0.00327 e. The zero-order valence-corrected chi connectivity index (χ0v) is 13.9. The number of thiol groups is 1. The SMILES string of the molecule is C[C@@]12CCC[C@H]1[C@@H]1CCC3CC=CC[C@]3(CS)[C@H]1CC2. The lowest BCUT2D eigenvalue weighted by molar-refractivity contribution is -0.0843. The van der Waals surface area contributed by atoms with E-state index in [9.17, 15) is 0 Å². The van der Waals surface area contributed by atoms with Crippen LogP contribution in [0.3, 0.4) is 0 Å². The van der Waals surface area contributed by atoms with Gasteiger partial charge in [0.2, 0.25) is 0 Å². The van der Waals surface area contributed by atoms with Crippen molar-refractivity contribution in [3.63, 3.8) is 0 Å². The van der Waals surface area contributed by atoms with E-state index in [4.69, 9.17) is 12.6 Å². The van der Waals surface area contributed by atoms with Crippen LogP contribution in [0.1, 0.15) is 64.7 Å². The van der Waals surface area contributed by atoms with E-state index in [-0.39, 0.29) is 0 Å². The van der Waals surface area contributed by atoms with Gasteiger partial charge in [0.25, 0.3) is 0 Å². The van der Waals surface area contributed by atoms with Gasteiger partial charge in [0.05, 0.1) is 0 Å². The summed E-state index contributed by atoms with van der Waals surface area (Å²) in [4.78, 5) is 0. The highest BCUT2D eigenvalue weighted by Crippen LogP contribution is 2.65. The molecule has 0 aromatic carbocycles. The van der Waals surface area contributed by atoms with Crippen molar-refractivity contribution in [3.8, 4) is 0 Å². The Balaban J connectivity index is 1.69. The Kier molecular flexibility index (Phi) is 3.29. The molecule has 1 heteroatoms. The van der Waals surface area contributed by atoms with Crippen LogP contribution in [0.15, 0.2) is 12.2 Å². The molecule has 112 valence electrons. The minimum Gasteiger partial charge on any atom is -0.179 e. The van der Waals surface area contributed by atoms with Gasteiger partial charge >= 0.3 is 0 Å². The second-order valence-electron chi connectivity index (χ2n) is 8.54. The van der Waals surface area contributed by atoms with E-state index in [1.807, 2.05) is 0 Å². The zero-order valence-electron chi connectivity index (χ0n) is 13.0. The van der Waals surface area contributed by atoms with Crippen LogP contribution in [-0.4, -0.2) is 5.75 Å². The van der Waals surface area contributed by atoms with Gasteiger partial charge in [0.15, 0.2) is 0 Å². The number of hydrogen-bond acceptors (Lipinski definition) is 1. The van der Waals surface area contributed by atoms with E-state index < -0.39 is 0 Å². The van der Waals surface area contributed by atoms with Gasteiger partial charge < -0.3 is 0 Å². The molecule has 0 aromatic heterocycles. The van der Waals surface area contributed by atoms with Crippen molar-refractivity contribution in [2.24, 2.45) is 34.5 Å². The van der Waals surface area contributed by atoms with Crippen molar-refractivity contribution in [3.05, 3.63) is 12.2 Å². The number of hydrogen-bond donors (Lipinski definition) is 1. The Labute approximate surface area is 130 Å². The first-order valence-corrected chi connectivity index (χ1v) is 9.59. The lowest BCUT2D eigenvalue weighted by atomic mass is 9.46. The third-order valence-corrected chi connectivity index (χ3v) is 8.59. The van der Waals surface area contributed by atoms with Crippen LogP contribution in [0.5, 0.6) is 0 Å². The minimum absolute atomic E-state index is 0.560. The summed E-state index contributed by atoms with van der Waals surface area (Å²) >= 11 is 4.88. The van der Waals surface area contributed by atoms with E-state index in [1.54, 1.807) is 0 Å². The summed E-state index contributed by atoms with van der Waals surface area (Å²) in [6.07, 6.45) is 18.2. The molecule has 0 saturated heterocycles. The molecule has 0 spiro atoms. The maximum absolute atomic E-state index is 4.88. The van der Waals surface area contributed by atoms with Gasteiger partial charge in [0, 0.05) is 0 Å². The van der Waals surface area contributed by atoms with Gasteiger partial charge in [-0.3, -0.25) is 0 Å². The monoisotopic (exact) mass is 290 g/mol. The molecule has 0 aliphatic heterocycles. The lowest BCUT2D eigenvalue weighted by Crippen LogP contribution is -2.53. The zero-order chi connectivity index (χ0) is 13.8. The molecular formula is C19H30S. The highest BCUT2D eigenvalue weighted by atomic mass is 32.1. The predicted molar refractivity (Wildman–Crippen MR) is 89.0 cm³/mol. The molecule has 6 atom stereocenters. The summed E-state index contributed by atoms with van der Waals surface area (Å²) in [5.41, 5.74) is 1.26. The molecule has 0 aromatic rings. The Morgan fingerprint density at radius 1 is 1.05 bits per heavy atom. The second-order valence-corrected chi connectivity index (χ2v) is 8.85. The van der Waals surface area contributed by atoms with E-state index in [0.717, 1.165) is 29.4 Å². The van der Waals surface area contributed by atoms with Crippen LogP contribution in [0, 0.1) is 34.5 Å². The van der Waals surface area contributed by atoms with E-state index in [2.05, 4.69) is 19.1 Å². The van der Waals surface area contributed by atoms with Crippen LogP contribution in [0.25, 0.3) is 0 Å². The molecule has 4 rings (SSSR count). The van der Waals surface area contributed by atoms with E-state index >= 15 is 0 Å². The molecule has 0 N–H and O–H groups in total. The number of fused-ring (bicyclic) bond motifs is 5. The van der Waals surface area contributed by atoms with E-state index in [1.165, 1.54) is 57.8 Å². The van der Waals surface area contributed by atoms with Gasteiger partial charge in [-0.05, 0) is 91.6 Å². The summed E-state index contributed by atoms with van der Waals surface area (Å²) in [6.45, 7) is 2.61.